The normalized spacial score (nSPS) is 11.4. The average Bonchev–Trinajstić information content (AvgIpc) is 2.55. The number of esters is 2. The van der Waals surface area contributed by atoms with Crippen LogP contribution in [-0.2, 0) is 19.1 Å². The van der Waals surface area contributed by atoms with Crippen LogP contribution in [0, 0.1) is 0 Å². The Kier molecular flexibility index (Phi) is 7.97. The lowest BCUT2D eigenvalue weighted by Gasteiger charge is -2.11. The van der Waals surface area contributed by atoms with Gasteiger partial charge in [-0.05, 0) is 18.4 Å². The molecule has 0 aliphatic carbocycles. The van der Waals surface area contributed by atoms with Crippen LogP contribution in [0.5, 0.6) is 0 Å². The van der Waals surface area contributed by atoms with Crippen molar-refractivity contribution in [3.05, 3.63) is 47.5 Å². The highest BCUT2D eigenvalue weighted by atomic mass is 16.6. The van der Waals surface area contributed by atoms with E-state index in [9.17, 15) is 9.59 Å². The van der Waals surface area contributed by atoms with Crippen molar-refractivity contribution in [2.45, 2.75) is 39.5 Å². The first-order valence-electron chi connectivity index (χ1n) is 7.71. The summed E-state index contributed by atoms with van der Waals surface area (Å²) in [5.74, 6) is -1.32. The van der Waals surface area contributed by atoms with Crippen molar-refractivity contribution in [2.24, 2.45) is 0 Å². The van der Waals surface area contributed by atoms with Crippen LogP contribution in [0.15, 0.2) is 42.0 Å². The Morgan fingerprint density at radius 3 is 1.95 bits per heavy atom. The molecule has 0 amide bonds. The molecule has 4 nitrogen and oxygen atoms in total. The fourth-order valence-electron chi connectivity index (χ4n) is 1.87. The predicted molar refractivity (Wildman–Crippen MR) is 85.4 cm³/mol. The minimum atomic E-state index is -0.620. The maximum atomic E-state index is 12.1. The summed E-state index contributed by atoms with van der Waals surface area (Å²) in [5.41, 5.74) is 0.991. The molecular formula is C18H24O4. The van der Waals surface area contributed by atoms with Gasteiger partial charge in [0, 0.05) is 5.92 Å². The van der Waals surface area contributed by atoms with Gasteiger partial charge in [0.05, 0.1) is 13.2 Å². The molecule has 0 heterocycles. The number of carbonyl (C=O) groups is 2. The highest BCUT2D eigenvalue weighted by molar-refractivity contribution is 6.14. The van der Waals surface area contributed by atoms with Gasteiger partial charge in [0.2, 0.25) is 0 Å². The summed E-state index contributed by atoms with van der Waals surface area (Å²) in [6.07, 6.45) is 3.03. The smallest absolute Gasteiger partial charge is 0.345 e. The Morgan fingerprint density at radius 2 is 1.50 bits per heavy atom. The zero-order valence-electron chi connectivity index (χ0n) is 13.5. The van der Waals surface area contributed by atoms with Crippen molar-refractivity contribution in [3.63, 3.8) is 0 Å². The molecule has 0 N–H and O–H groups in total. The second-order valence-electron chi connectivity index (χ2n) is 5.05. The lowest BCUT2D eigenvalue weighted by atomic mass is 9.98. The van der Waals surface area contributed by atoms with E-state index in [1.807, 2.05) is 51.1 Å². The molecule has 1 rings (SSSR count). The summed E-state index contributed by atoms with van der Waals surface area (Å²) in [7, 11) is 0. The fraction of sp³-hybridized carbons (Fsp3) is 0.444. The van der Waals surface area contributed by atoms with Gasteiger partial charge in [0.1, 0.15) is 5.57 Å². The number of allylic oxidation sites excluding steroid dienone is 1. The third-order valence-corrected chi connectivity index (χ3v) is 3.06. The first kappa shape index (κ1) is 18.0. The molecule has 0 aromatic heterocycles. The Balaban J connectivity index is 2.94. The second kappa shape index (κ2) is 9.77. The van der Waals surface area contributed by atoms with Crippen molar-refractivity contribution < 1.29 is 19.1 Å². The van der Waals surface area contributed by atoms with Crippen LogP contribution in [0.3, 0.4) is 0 Å². The van der Waals surface area contributed by atoms with Crippen molar-refractivity contribution in [3.8, 4) is 0 Å². The van der Waals surface area contributed by atoms with Crippen LogP contribution in [-0.4, -0.2) is 25.2 Å². The molecule has 0 saturated carbocycles. The van der Waals surface area contributed by atoms with Gasteiger partial charge >= 0.3 is 11.9 Å². The van der Waals surface area contributed by atoms with Crippen LogP contribution in [0.4, 0.5) is 0 Å². The molecule has 0 fully saturated rings. The van der Waals surface area contributed by atoms with Crippen LogP contribution in [0.25, 0.3) is 0 Å². The predicted octanol–water partition coefficient (Wildman–Crippen LogP) is 3.62. The van der Waals surface area contributed by atoms with Gasteiger partial charge < -0.3 is 9.47 Å². The summed E-state index contributed by atoms with van der Waals surface area (Å²) < 4.78 is 10.2. The number of carbonyl (C=O) groups excluding carboxylic acids is 2. The maximum Gasteiger partial charge on any atom is 0.345 e. The standard InChI is InChI=1S/C18H24O4/c1-4-11-21-17(19)16(18(20)22-12-5-2)13-14(3)15-9-7-6-8-10-15/h6-10,13-14H,4-5,11-12H2,1-3H3/t14-/m1/s1. The van der Waals surface area contributed by atoms with Crippen molar-refractivity contribution >= 4 is 11.9 Å². The van der Waals surface area contributed by atoms with E-state index < -0.39 is 11.9 Å². The summed E-state index contributed by atoms with van der Waals surface area (Å²) >= 11 is 0. The van der Waals surface area contributed by atoms with Crippen molar-refractivity contribution in [1.82, 2.24) is 0 Å². The molecule has 120 valence electrons. The third-order valence-electron chi connectivity index (χ3n) is 3.06. The molecule has 0 bridgehead atoms. The van der Waals surface area contributed by atoms with E-state index in [1.54, 1.807) is 6.08 Å². The van der Waals surface area contributed by atoms with Gasteiger partial charge in [-0.3, -0.25) is 0 Å². The number of hydrogen-bond donors (Lipinski definition) is 0. The van der Waals surface area contributed by atoms with Crippen LogP contribution in [0.2, 0.25) is 0 Å². The van der Waals surface area contributed by atoms with E-state index in [0.717, 1.165) is 5.56 Å². The Morgan fingerprint density at radius 1 is 1.00 bits per heavy atom. The number of ether oxygens (including phenoxy) is 2. The minimum absolute atomic E-state index is 0.0294. The van der Waals surface area contributed by atoms with E-state index in [4.69, 9.17) is 9.47 Å². The van der Waals surface area contributed by atoms with Crippen LogP contribution < -0.4 is 0 Å². The highest BCUT2D eigenvalue weighted by Gasteiger charge is 2.22. The fourth-order valence-corrected chi connectivity index (χ4v) is 1.87. The number of benzene rings is 1. The molecule has 0 saturated heterocycles. The molecule has 0 radical (unpaired) electrons. The summed E-state index contributed by atoms with van der Waals surface area (Å²) in [6, 6.07) is 9.67. The van der Waals surface area contributed by atoms with E-state index in [0.29, 0.717) is 12.8 Å². The van der Waals surface area contributed by atoms with Crippen molar-refractivity contribution in [2.75, 3.05) is 13.2 Å². The molecular weight excluding hydrogens is 280 g/mol. The lowest BCUT2D eigenvalue weighted by molar-refractivity contribution is -0.147. The van der Waals surface area contributed by atoms with Gasteiger partial charge in [-0.25, -0.2) is 9.59 Å². The third kappa shape index (κ3) is 5.72. The Labute approximate surface area is 132 Å². The first-order valence-corrected chi connectivity index (χ1v) is 7.71. The van der Waals surface area contributed by atoms with Crippen LogP contribution in [0.1, 0.15) is 45.1 Å². The zero-order chi connectivity index (χ0) is 16.4. The molecule has 1 aromatic carbocycles. The highest BCUT2D eigenvalue weighted by Crippen LogP contribution is 2.19. The summed E-state index contributed by atoms with van der Waals surface area (Å²) in [5, 5.41) is 0. The SMILES string of the molecule is CCCOC(=O)C(=C[C@@H](C)c1ccccc1)C(=O)OCCC. The molecule has 0 unspecified atom stereocenters. The van der Waals surface area contributed by atoms with E-state index in [-0.39, 0.29) is 24.7 Å². The molecule has 4 heteroatoms. The van der Waals surface area contributed by atoms with Gasteiger partial charge in [-0.1, -0.05) is 57.2 Å². The summed E-state index contributed by atoms with van der Waals surface area (Å²) in [6.45, 7) is 6.31. The van der Waals surface area contributed by atoms with Gasteiger partial charge in [-0.15, -0.1) is 0 Å². The number of hydrogen-bond acceptors (Lipinski definition) is 4. The zero-order valence-corrected chi connectivity index (χ0v) is 13.5. The lowest BCUT2D eigenvalue weighted by Crippen LogP contribution is -2.20. The topological polar surface area (TPSA) is 52.6 Å². The Bertz CT molecular complexity index is 483. The minimum Gasteiger partial charge on any atom is -0.462 e. The van der Waals surface area contributed by atoms with Gasteiger partial charge in [0.15, 0.2) is 0 Å². The van der Waals surface area contributed by atoms with E-state index in [2.05, 4.69) is 0 Å². The van der Waals surface area contributed by atoms with E-state index >= 15 is 0 Å². The van der Waals surface area contributed by atoms with E-state index in [1.165, 1.54) is 0 Å². The Hall–Kier alpha value is -2.10. The molecule has 22 heavy (non-hydrogen) atoms. The molecule has 0 aliphatic heterocycles. The monoisotopic (exact) mass is 304 g/mol. The molecule has 0 spiro atoms. The van der Waals surface area contributed by atoms with Crippen molar-refractivity contribution in [1.29, 1.82) is 0 Å². The molecule has 1 aromatic rings. The average molecular weight is 304 g/mol. The maximum absolute atomic E-state index is 12.1. The second-order valence-corrected chi connectivity index (χ2v) is 5.05. The largest absolute Gasteiger partial charge is 0.462 e. The quantitative estimate of drug-likeness (QED) is 0.318. The first-order chi connectivity index (χ1) is 10.6. The molecule has 0 aliphatic rings. The van der Waals surface area contributed by atoms with Gasteiger partial charge in [0.25, 0.3) is 0 Å². The number of rotatable bonds is 8. The van der Waals surface area contributed by atoms with Gasteiger partial charge in [-0.2, -0.15) is 0 Å². The summed E-state index contributed by atoms with van der Waals surface area (Å²) in [4.78, 5) is 24.2. The van der Waals surface area contributed by atoms with Crippen LogP contribution >= 0.6 is 0 Å². The molecule has 1 atom stereocenters.